The molecular formula is C15H20N2O2. The van der Waals surface area contributed by atoms with Gasteiger partial charge in [-0.1, -0.05) is 18.2 Å². The van der Waals surface area contributed by atoms with Crippen LogP contribution >= 0.6 is 0 Å². The standard InChI is InChI=1S/C15H20N2O2/c1-10-6-7-12(8-11(10)2)15(3,18)14-13(19-5)9-16-17(14)4/h6-9,18H,1-5H3. The molecule has 2 rings (SSSR count). The fraction of sp³-hybridized carbons (Fsp3) is 0.400. The van der Waals surface area contributed by atoms with E-state index in [2.05, 4.69) is 12.0 Å². The topological polar surface area (TPSA) is 47.3 Å². The number of aromatic nitrogens is 2. The van der Waals surface area contributed by atoms with Gasteiger partial charge >= 0.3 is 0 Å². The molecule has 0 radical (unpaired) electrons. The molecule has 19 heavy (non-hydrogen) atoms. The lowest BCUT2D eigenvalue weighted by Crippen LogP contribution is -2.27. The van der Waals surface area contributed by atoms with Crippen molar-refractivity contribution >= 4 is 0 Å². The van der Waals surface area contributed by atoms with E-state index in [1.165, 1.54) is 5.56 Å². The fourth-order valence-electron chi connectivity index (χ4n) is 2.30. The minimum absolute atomic E-state index is 0.589. The Morgan fingerprint density at radius 1 is 1.26 bits per heavy atom. The highest BCUT2D eigenvalue weighted by atomic mass is 16.5. The van der Waals surface area contributed by atoms with Crippen molar-refractivity contribution in [1.82, 2.24) is 9.78 Å². The van der Waals surface area contributed by atoms with Crippen LogP contribution in [0.5, 0.6) is 5.75 Å². The monoisotopic (exact) mass is 260 g/mol. The quantitative estimate of drug-likeness (QED) is 0.921. The summed E-state index contributed by atoms with van der Waals surface area (Å²) < 4.78 is 6.93. The van der Waals surface area contributed by atoms with Crippen LogP contribution in [0.25, 0.3) is 0 Å². The van der Waals surface area contributed by atoms with Crippen LogP contribution in [0.3, 0.4) is 0 Å². The molecule has 1 N–H and O–H groups in total. The van der Waals surface area contributed by atoms with Gasteiger partial charge in [0.1, 0.15) is 11.3 Å². The van der Waals surface area contributed by atoms with Crippen LogP contribution in [0.1, 0.15) is 29.3 Å². The molecule has 2 aromatic rings. The first kappa shape index (κ1) is 13.6. The van der Waals surface area contributed by atoms with Crippen LogP contribution in [-0.2, 0) is 12.6 Å². The van der Waals surface area contributed by atoms with E-state index in [9.17, 15) is 5.11 Å². The van der Waals surface area contributed by atoms with Crippen LogP contribution in [-0.4, -0.2) is 22.0 Å². The van der Waals surface area contributed by atoms with Crippen LogP contribution in [0, 0.1) is 13.8 Å². The summed E-state index contributed by atoms with van der Waals surface area (Å²) in [5.74, 6) is 0.589. The normalized spacial score (nSPS) is 14.2. The number of methoxy groups -OCH3 is 1. The smallest absolute Gasteiger partial charge is 0.163 e. The Kier molecular flexibility index (Phi) is 3.37. The second kappa shape index (κ2) is 4.70. The van der Waals surface area contributed by atoms with Gasteiger partial charge in [-0.05, 0) is 37.5 Å². The second-order valence-corrected chi connectivity index (χ2v) is 5.06. The van der Waals surface area contributed by atoms with Gasteiger partial charge in [-0.2, -0.15) is 5.10 Å². The van der Waals surface area contributed by atoms with Crippen molar-refractivity contribution in [3.8, 4) is 5.75 Å². The van der Waals surface area contributed by atoms with Crippen LogP contribution in [0.15, 0.2) is 24.4 Å². The average Bonchev–Trinajstić information content (AvgIpc) is 2.74. The molecular weight excluding hydrogens is 240 g/mol. The maximum atomic E-state index is 10.9. The van der Waals surface area contributed by atoms with Crippen LogP contribution < -0.4 is 4.74 Å². The molecule has 1 heterocycles. The molecule has 1 unspecified atom stereocenters. The third-order valence-electron chi connectivity index (χ3n) is 3.66. The molecule has 0 saturated heterocycles. The Morgan fingerprint density at radius 2 is 1.95 bits per heavy atom. The Bertz CT molecular complexity index is 600. The average molecular weight is 260 g/mol. The van der Waals surface area contributed by atoms with Gasteiger partial charge in [0, 0.05) is 7.05 Å². The molecule has 0 aliphatic carbocycles. The summed E-state index contributed by atoms with van der Waals surface area (Å²) in [6, 6.07) is 5.96. The van der Waals surface area contributed by atoms with Crippen LogP contribution in [0.4, 0.5) is 0 Å². The number of hydrogen-bond acceptors (Lipinski definition) is 3. The third kappa shape index (κ3) is 2.24. The van der Waals surface area contributed by atoms with Crippen molar-refractivity contribution < 1.29 is 9.84 Å². The van der Waals surface area contributed by atoms with Crippen molar-refractivity contribution in [2.24, 2.45) is 7.05 Å². The lowest BCUT2D eigenvalue weighted by molar-refractivity contribution is 0.0896. The number of hydrogen-bond donors (Lipinski definition) is 1. The van der Waals surface area contributed by atoms with E-state index in [1.54, 1.807) is 32.0 Å². The Hall–Kier alpha value is -1.81. The second-order valence-electron chi connectivity index (χ2n) is 5.06. The SMILES string of the molecule is COc1cnn(C)c1C(C)(O)c1ccc(C)c(C)c1. The van der Waals surface area contributed by atoms with Crippen molar-refractivity contribution in [3.63, 3.8) is 0 Å². The highest BCUT2D eigenvalue weighted by Crippen LogP contribution is 2.35. The highest BCUT2D eigenvalue weighted by Gasteiger charge is 2.32. The lowest BCUT2D eigenvalue weighted by Gasteiger charge is -2.25. The maximum absolute atomic E-state index is 10.9. The lowest BCUT2D eigenvalue weighted by atomic mass is 9.90. The van der Waals surface area contributed by atoms with Gasteiger partial charge in [-0.15, -0.1) is 0 Å². The molecule has 102 valence electrons. The fourth-order valence-corrected chi connectivity index (χ4v) is 2.30. The molecule has 0 aliphatic rings. The molecule has 0 amide bonds. The van der Waals surface area contributed by atoms with Crippen molar-refractivity contribution in [3.05, 3.63) is 46.8 Å². The van der Waals surface area contributed by atoms with Crippen LogP contribution in [0.2, 0.25) is 0 Å². The van der Waals surface area contributed by atoms with Gasteiger partial charge in [0.25, 0.3) is 0 Å². The zero-order chi connectivity index (χ0) is 14.2. The predicted molar refractivity (Wildman–Crippen MR) is 74.3 cm³/mol. The molecule has 0 saturated carbocycles. The van der Waals surface area contributed by atoms with Gasteiger partial charge < -0.3 is 9.84 Å². The molecule has 0 bridgehead atoms. The van der Waals surface area contributed by atoms with E-state index in [-0.39, 0.29) is 0 Å². The van der Waals surface area contributed by atoms with E-state index < -0.39 is 5.60 Å². The minimum atomic E-state index is -1.14. The van der Waals surface area contributed by atoms with Gasteiger partial charge in [0.15, 0.2) is 5.75 Å². The predicted octanol–water partition coefficient (Wildman–Crippen LogP) is 2.30. The number of rotatable bonds is 3. The first-order valence-electron chi connectivity index (χ1n) is 6.24. The van der Waals surface area contributed by atoms with E-state index in [0.29, 0.717) is 11.4 Å². The number of benzene rings is 1. The van der Waals surface area contributed by atoms with E-state index in [4.69, 9.17) is 4.74 Å². The van der Waals surface area contributed by atoms with Crippen molar-refractivity contribution in [1.29, 1.82) is 0 Å². The van der Waals surface area contributed by atoms with E-state index in [1.807, 2.05) is 25.1 Å². The summed E-state index contributed by atoms with van der Waals surface area (Å²) in [4.78, 5) is 0. The molecule has 4 heteroatoms. The molecule has 1 aromatic carbocycles. The largest absolute Gasteiger partial charge is 0.493 e. The molecule has 1 aromatic heterocycles. The summed E-state index contributed by atoms with van der Waals surface area (Å²) in [5.41, 5.74) is 2.70. The van der Waals surface area contributed by atoms with Crippen molar-refractivity contribution in [2.45, 2.75) is 26.4 Å². The van der Waals surface area contributed by atoms with Gasteiger partial charge in [0.2, 0.25) is 0 Å². The van der Waals surface area contributed by atoms with Gasteiger partial charge in [-0.3, -0.25) is 4.68 Å². The van der Waals surface area contributed by atoms with E-state index in [0.717, 1.165) is 11.1 Å². The summed E-state index contributed by atoms with van der Waals surface area (Å²) in [6.07, 6.45) is 1.62. The Balaban J connectivity index is 2.57. The molecule has 1 atom stereocenters. The van der Waals surface area contributed by atoms with Gasteiger partial charge in [0.05, 0.1) is 13.3 Å². The first-order chi connectivity index (χ1) is 8.87. The molecule has 0 aliphatic heterocycles. The first-order valence-corrected chi connectivity index (χ1v) is 6.24. The Labute approximate surface area is 113 Å². The molecule has 4 nitrogen and oxygen atoms in total. The number of ether oxygens (including phenoxy) is 1. The zero-order valence-corrected chi connectivity index (χ0v) is 12.1. The number of aliphatic hydroxyl groups is 1. The summed E-state index contributed by atoms with van der Waals surface area (Å²) in [6.45, 7) is 5.85. The Morgan fingerprint density at radius 3 is 2.53 bits per heavy atom. The highest BCUT2D eigenvalue weighted by molar-refractivity contribution is 5.42. The van der Waals surface area contributed by atoms with Crippen molar-refractivity contribution in [2.75, 3.05) is 7.11 Å². The summed E-state index contributed by atoms with van der Waals surface area (Å²) in [7, 11) is 3.38. The zero-order valence-electron chi connectivity index (χ0n) is 12.1. The summed E-state index contributed by atoms with van der Waals surface area (Å²) >= 11 is 0. The maximum Gasteiger partial charge on any atom is 0.163 e. The minimum Gasteiger partial charge on any atom is -0.493 e. The van der Waals surface area contributed by atoms with Gasteiger partial charge in [-0.25, -0.2) is 0 Å². The number of nitrogens with zero attached hydrogens (tertiary/aromatic N) is 2. The number of aryl methyl sites for hydroxylation is 3. The van der Waals surface area contributed by atoms with E-state index >= 15 is 0 Å². The summed E-state index contributed by atoms with van der Waals surface area (Å²) in [5, 5.41) is 15.1. The third-order valence-corrected chi connectivity index (χ3v) is 3.66. The molecule has 0 spiro atoms. The molecule has 0 fully saturated rings.